The third kappa shape index (κ3) is 2.99. The predicted octanol–water partition coefficient (Wildman–Crippen LogP) is 3.18. The Morgan fingerprint density at radius 3 is 2.54 bits per heavy atom. The molecule has 7 heteroatoms. The lowest BCUT2D eigenvalue weighted by Crippen LogP contribution is -2.33. The molecule has 1 saturated heterocycles. The summed E-state index contributed by atoms with van der Waals surface area (Å²) in [5.74, 6) is 1.92. The van der Waals surface area contributed by atoms with Crippen LogP contribution in [0.5, 0.6) is 0 Å². The number of carbonyl (C=O) groups is 1. The zero-order valence-corrected chi connectivity index (χ0v) is 14.9. The number of rotatable bonds is 3. The second-order valence-corrected chi connectivity index (χ2v) is 7.42. The molecule has 0 amide bonds. The zero-order chi connectivity index (χ0) is 18.1. The first-order valence-electron chi connectivity index (χ1n) is 8.44. The summed E-state index contributed by atoms with van der Waals surface area (Å²) < 4.78 is 0. The molecule has 6 nitrogen and oxygen atoms in total. The van der Waals surface area contributed by atoms with Crippen LogP contribution in [-0.4, -0.2) is 47.6 Å². The monoisotopic (exact) mass is 367 g/mol. The molecule has 0 N–H and O–H groups in total. The number of hydrogen-bond donors (Lipinski definition) is 0. The van der Waals surface area contributed by atoms with E-state index in [1.54, 1.807) is 12.1 Å². The van der Waals surface area contributed by atoms with Gasteiger partial charge in [0.1, 0.15) is 12.2 Å². The Kier molecular flexibility index (Phi) is 4.46. The van der Waals surface area contributed by atoms with Gasteiger partial charge in [-0.05, 0) is 6.07 Å². The summed E-state index contributed by atoms with van der Waals surface area (Å²) in [6.45, 7) is 1.69. The van der Waals surface area contributed by atoms with Crippen molar-refractivity contribution < 1.29 is 9.72 Å². The van der Waals surface area contributed by atoms with Gasteiger partial charge in [0, 0.05) is 47.4 Å². The Balaban J connectivity index is 1.77. The van der Waals surface area contributed by atoms with Crippen molar-refractivity contribution in [2.45, 2.75) is 0 Å². The van der Waals surface area contributed by atoms with Crippen molar-refractivity contribution in [2.75, 3.05) is 36.0 Å². The number of aliphatic imine (C=N–C) groups is 1. The standard InChI is InChI=1S/C19H17N3O3S/c23-18-12-20-19(15-4-2-1-3-14(15)18)13-5-6-16(17(11-13)22(24)25)21-7-9-26-10-8-21/h1-6,11H,7-10,12H2. The lowest BCUT2D eigenvalue weighted by molar-refractivity contribution is -0.384. The Hall–Kier alpha value is -2.67. The van der Waals surface area contributed by atoms with Crippen LogP contribution in [0.4, 0.5) is 11.4 Å². The van der Waals surface area contributed by atoms with Crippen molar-refractivity contribution in [3.05, 3.63) is 69.3 Å². The van der Waals surface area contributed by atoms with Gasteiger partial charge in [-0.3, -0.25) is 19.9 Å². The van der Waals surface area contributed by atoms with Gasteiger partial charge in [0.2, 0.25) is 0 Å². The molecule has 4 rings (SSSR count). The second-order valence-electron chi connectivity index (χ2n) is 6.19. The largest absolute Gasteiger partial charge is 0.364 e. The third-order valence-electron chi connectivity index (χ3n) is 4.66. The van der Waals surface area contributed by atoms with Crippen LogP contribution in [0.25, 0.3) is 0 Å². The highest BCUT2D eigenvalue weighted by atomic mass is 32.2. The summed E-state index contributed by atoms with van der Waals surface area (Å²) in [5.41, 5.74) is 3.42. The van der Waals surface area contributed by atoms with Crippen molar-refractivity contribution in [2.24, 2.45) is 4.99 Å². The smallest absolute Gasteiger partial charge is 0.293 e. The average Bonchev–Trinajstić information content (AvgIpc) is 2.69. The average molecular weight is 367 g/mol. The van der Waals surface area contributed by atoms with Crippen molar-refractivity contribution in [1.29, 1.82) is 0 Å². The highest BCUT2D eigenvalue weighted by Crippen LogP contribution is 2.32. The van der Waals surface area contributed by atoms with Crippen LogP contribution >= 0.6 is 11.8 Å². The number of anilines is 1. The topological polar surface area (TPSA) is 75.8 Å². The first-order chi connectivity index (χ1) is 12.6. The lowest BCUT2D eigenvalue weighted by atomic mass is 9.92. The fraction of sp³-hybridized carbons (Fsp3) is 0.263. The van der Waals surface area contributed by atoms with Gasteiger partial charge in [-0.1, -0.05) is 30.3 Å². The van der Waals surface area contributed by atoms with E-state index in [1.807, 2.05) is 42.1 Å². The van der Waals surface area contributed by atoms with E-state index < -0.39 is 0 Å². The first kappa shape index (κ1) is 16.8. The maximum atomic E-state index is 12.1. The molecular formula is C19H17N3O3S. The molecule has 2 aliphatic heterocycles. The maximum absolute atomic E-state index is 12.1. The minimum Gasteiger partial charge on any atom is -0.364 e. The van der Waals surface area contributed by atoms with E-state index in [1.165, 1.54) is 0 Å². The van der Waals surface area contributed by atoms with Crippen LogP contribution in [0.2, 0.25) is 0 Å². The summed E-state index contributed by atoms with van der Waals surface area (Å²) in [4.78, 5) is 29.9. The molecule has 0 saturated carbocycles. The fourth-order valence-electron chi connectivity index (χ4n) is 3.39. The highest BCUT2D eigenvalue weighted by Gasteiger charge is 2.26. The van der Waals surface area contributed by atoms with Crippen LogP contribution in [0.3, 0.4) is 0 Å². The van der Waals surface area contributed by atoms with Gasteiger partial charge in [-0.15, -0.1) is 0 Å². The molecule has 0 bridgehead atoms. The van der Waals surface area contributed by atoms with Crippen molar-refractivity contribution in [1.82, 2.24) is 0 Å². The molecule has 2 heterocycles. The molecule has 26 heavy (non-hydrogen) atoms. The summed E-state index contributed by atoms with van der Waals surface area (Å²) in [6, 6.07) is 12.6. The van der Waals surface area contributed by atoms with Crippen LogP contribution in [0, 0.1) is 10.1 Å². The quantitative estimate of drug-likeness (QED) is 0.615. The molecule has 2 aliphatic rings. The molecule has 2 aromatic rings. The molecule has 0 aromatic heterocycles. The Bertz CT molecular complexity index is 920. The van der Waals surface area contributed by atoms with E-state index in [-0.39, 0.29) is 22.9 Å². The number of ketones is 1. The summed E-state index contributed by atoms with van der Waals surface area (Å²) >= 11 is 1.86. The zero-order valence-electron chi connectivity index (χ0n) is 14.1. The van der Waals surface area contributed by atoms with Gasteiger partial charge in [0.25, 0.3) is 5.69 Å². The third-order valence-corrected chi connectivity index (χ3v) is 5.60. The Labute approximate surface area is 155 Å². The molecule has 132 valence electrons. The fourth-order valence-corrected chi connectivity index (χ4v) is 4.29. The molecule has 0 atom stereocenters. The van der Waals surface area contributed by atoms with Gasteiger partial charge in [-0.25, -0.2) is 0 Å². The summed E-state index contributed by atoms with van der Waals surface area (Å²) in [5, 5.41) is 11.7. The molecule has 0 radical (unpaired) electrons. The summed E-state index contributed by atoms with van der Waals surface area (Å²) in [7, 11) is 0. The van der Waals surface area contributed by atoms with Crippen molar-refractivity contribution in [3.8, 4) is 0 Å². The van der Waals surface area contributed by atoms with Gasteiger partial charge in [0.15, 0.2) is 5.78 Å². The van der Waals surface area contributed by atoms with Crippen LogP contribution in [0.1, 0.15) is 21.5 Å². The van der Waals surface area contributed by atoms with Gasteiger partial charge in [0.05, 0.1) is 10.6 Å². The number of nitrogens with zero attached hydrogens (tertiary/aromatic N) is 3. The minimum absolute atomic E-state index is 0.0266. The van der Waals surface area contributed by atoms with Gasteiger partial charge >= 0.3 is 0 Å². The molecule has 2 aromatic carbocycles. The minimum atomic E-state index is -0.332. The van der Waals surface area contributed by atoms with Gasteiger partial charge < -0.3 is 4.90 Å². The molecule has 0 unspecified atom stereocenters. The van der Waals surface area contributed by atoms with E-state index >= 15 is 0 Å². The highest BCUT2D eigenvalue weighted by molar-refractivity contribution is 7.99. The van der Waals surface area contributed by atoms with Gasteiger partial charge in [-0.2, -0.15) is 11.8 Å². The van der Waals surface area contributed by atoms with Crippen LogP contribution in [0.15, 0.2) is 47.5 Å². The van der Waals surface area contributed by atoms with Crippen molar-refractivity contribution in [3.63, 3.8) is 0 Å². The van der Waals surface area contributed by atoms with Crippen LogP contribution < -0.4 is 4.90 Å². The number of fused-ring (bicyclic) bond motifs is 1. The van der Waals surface area contributed by atoms with E-state index in [0.29, 0.717) is 22.5 Å². The number of hydrogen-bond acceptors (Lipinski definition) is 6. The van der Waals surface area contributed by atoms with E-state index in [4.69, 9.17) is 0 Å². The molecule has 0 aliphatic carbocycles. The number of thioether (sulfide) groups is 1. The number of nitro benzene ring substituents is 1. The number of carbonyl (C=O) groups excluding carboxylic acids is 1. The SMILES string of the molecule is O=C1CN=C(c2ccc(N3CCSCC3)c([N+](=O)[O-])c2)c2ccccc21. The van der Waals surface area contributed by atoms with Crippen molar-refractivity contribution >= 4 is 34.6 Å². The number of benzene rings is 2. The lowest BCUT2D eigenvalue weighted by Gasteiger charge is -2.28. The van der Waals surface area contributed by atoms with E-state index in [0.717, 1.165) is 30.2 Å². The number of Topliss-reactive ketones (excluding diaryl/α,β-unsaturated/α-hetero) is 1. The molecule has 0 spiro atoms. The molecular weight excluding hydrogens is 350 g/mol. The number of nitro groups is 1. The van der Waals surface area contributed by atoms with Crippen LogP contribution in [-0.2, 0) is 0 Å². The Morgan fingerprint density at radius 1 is 1.08 bits per heavy atom. The Morgan fingerprint density at radius 2 is 1.81 bits per heavy atom. The van der Waals surface area contributed by atoms with E-state index in [9.17, 15) is 14.9 Å². The predicted molar refractivity (Wildman–Crippen MR) is 104 cm³/mol. The normalized spacial score (nSPS) is 16.8. The maximum Gasteiger partial charge on any atom is 0.293 e. The van der Waals surface area contributed by atoms with E-state index in [2.05, 4.69) is 9.89 Å². The first-order valence-corrected chi connectivity index (χ1v) is 9.59. The summed E-state index contributed by atoms with van der Waals surface area (Å²) in [6.07, 6.45) is 0. The second kappa shape index (κ2) is 6.92. The molecule has 1 fully saturated rings.